The first-order valence-corrected chi connectivity index (χ1v) is 12.1. The van der Waals surface area contributed by atoms with Gasteiger partial charge < -0.3 is 14.2 Å². The summed E-state index contributed by atoms with van der Waals surface area (Å²) in [7, 11) is 3.07. The monoisotopic (exact) mass is 454 g/mol. The third kappa shape index (κ3) is 5.69. The van der Waals surface area contributed by atoms with E-state index in [1.807, 2.05) is 25.1 Å². The van der Waals surface area contributed by atoms with Crippen LogP contribution in [0.4, 0.5) is 4.39 Å². The number of ether oxygens (including phenoxy) is 3. The van der Waals surface area contributed by atoms with E-state index in [1.54, 1.807) is 13.2 Å². The zero-order valence-corrected chi connectivity index (χ0v) is 19.9. The predicted octanol–water partition coefficient (Wildman–Crippen LogP) is 6.49. The molecule has 0 aliphatic heterocycles. The maximum atomic E-state index is 14.3. The summed E-state index contributed by atoms with van der Waals surface area (Å²) in [5.41, 5.74) is 1.93. The van der Waals surface area contributed by atoms with Gasteiger partial charge in [-0.2, -0.15) is 0 Å². The molecule has 2 aromatic rings. The van der Waals surface area contributed by atoms with Gasteiger partial charge in [0.1, 0.15) is 17.3 Å². The van der Waals surface area contributed by atoms with E-state index in [1.165, 1.54) is 13.2 Å². The summed E-state index contributed by atoms with van der Waals surface area (Å²) in [5.74, 6) is 2.53. The van der Waals surface area contributed by atoms with Crippen LogP contribution in [0.5, 0.6) is 11.5 Å². The van der Waals surface area contributed by atoms with Gasteiger partial charge in [0.25, 0.3) is 0 Å². The van der Waals surface area contributed by atoms with Crippen LogP contribution < -0.4 is 9.47 Å². The van der Waals surface area contributed by atoms with Crippen LogP contribution in [0.2, 0.25) is 0 Å². The smallest absolute Gasteiger partial charge is 0.309 e. The number of carbonyl (C=O) groups excluding carboxylic acids is 1. The lowest BCUT2D eigenvalue weighted by Crippen LogP contribution is -2.22. The van der Waals surface area contributed by atoms with Crippen molar-refractivity contribution >= 4 is 5.97 Å². The fourth-order valence-electron chi connectivity index (χ4n) is 5.38. The van der Waals surface area contributed by atoms with Gasteiger partial charge in [0.15, 0.2) is 0 Å². The summed E-state index contributed by atoms with van der Waals surface area (Å²) in [5, 5.41) is 0. The molecule has 0 aromatic heterocycles. The third-order valence-corrected chi connectivity index (χ3v) is 7.46. The molecule has 4 nitrogen and oxygen atoms in total. The molecule has 178 valence electrons. The number of rotatable bonds is 9. The maximum absolute atomic E-state index is 14.3. The molecule has 33 heavy (non-hydrogen) atoms. The van der Waals surface area contributed by atoms with Gasteiger partial charge in [0.05, 0.1) is 26.7 Å². The molecule has 2 fully saturated rings. The molecule has 2 saturated carbocycles. The highest BCUT2D eigenvalue weighted by Crippen LogP contribution is 2.47. The largest absolute Gasteiger partial charge is 0.497 e. The van der Waals surface area contributed by atoms with Crippen molar-refractivity contribution in [3.05, 3.63) is 59.4 Å². The van der Waals surface area contributed by atoms with Crippen molar-refractivity contribution in [3.8, 4) is 11.5 Å². The summed E-state index contributed by atoms with van der Waals surface area (Å²) >= 11 is 0. The van der Waals surface area contributed by atoms with Crippen LogP contribution in [-0.4, -0.2) is 26.8 Å². The van der Waals surface area contributed by atoms with Crippen molar-refractivity contribution in [1.29, 1.82) is 0 Å². The minimum atomic E-state index is -0.162. The first-order chi connectivity index (χ1) is 16.0. The highest BCUT2D eigenvalue weighted by molar-refractivity contribution is 5.73. The van der Waals surface area contributed by atoms with Crippen LogP contribution in [-0.2, 0) is 9.53 Å². The molecule has 0 unspecified atom stereocenters. The summed E-state index contributed by atoms with van der Waals surface area (Å²) in [4.78, 5) is 12.2. The molecule has 0 radical (unpaired) electrons. The lowest BCUT2D eigenvalue weighted by molar-refractivity contribution is -0.145. The van der Waals surface area contributed by atoms with Crippen molar-refractivity contribution in [2.45, 2.75) is 57.3 Å². The highest BCUT2D eigenvalue weighted by Gasteiger charge is 2.39. The zero-order chi connectivity index (χ0) is 23.4. The van der Waals surface area contributed by atoms with Crippen molar-refractivity contribution in [2.24, 2.45) is 17.8 Å². The number of hydrogen-bond acceptors (Lipinski definition) is 4. The molecule has 0 spiro atoms. The van der Waals surface area contributed by atoms with E-state index in [4.69, 9.17) is 14.2 Å². The molecule has 2 aromatic carbocycles. The number of halogens is 1. The first kappa shape index (κ1) is 23.6. The average Bonchev–Trinajstić information content (AvgIpc) is 3.68. The van der Waals surface area contributed by atoms with E-state index < -0.39 is 0 Å². The molecule has 0 amide bonds. The summed E-state index contributed by atoms with van der Waals surface area (Å²) in [6.07, 6.45) is 6.27. The standard InChI is InChI=1S/C28H35FO4/c1-18(28(30)32-3)27(21-11-12-21)22-5-4-6-24(15-22)33-17-19-7-9-20(10-8-19)25-16-23(31-2)13-14-26(25)29/h4-6,13-16,18-21,27H,7-12,17H2,1-3H3/t18-,19?,20?,27+/m1/s1. The molecule has 2 aliphatic carbocycles. The van der Waals surface area contributed by atoms with E-state index in [9.17, 15) is 9.18 Å². The fourth-order valence-corrected chi connectivity index (χ4v) is 5.38. The van der Waals surface area contributed by atoms with Crippen LogP contribution in [0.15, 0.2) is 42.5 Å². The number of benzene rings is 2. The van der Waals surface area contributed by atoms with Crippen LogP contribution in [0, 0.1) is 23.6 Å². The van der Waals surface area contributed by atoms with Crippen LogP contribution >= 0.6 is 0 Å². The Kier molecular flexibility index (Phi) is 7.56. The summed E-state index contributed by atoms with van der Waals surface area (Å²) in [6.45, 7) is 2.63. The molecular weight excluding hydrogens is 419 g/mol. The zero-order valence-electron chi connectivity index (χ0n) is 19.9. The average molecular weight is 455 g/mol. The second-order valence-corrected chi connectivity index (χ2v) is 9.66. The second kappa shape index (κ2) is 10.6. The topological polar surface area (TPSA) is 44.8 Å². The van der Waals surface area contributed by atoms with Gasteiger partial charge >= 0.3 is 5.97 Å². The van der Waals surface area contributed by atoms with Crippen molar-refractivity contribution in [1.82, 2.24) is 0 Å². The Hall–Kier alpha value is -2.56. The van der Waals surface area contributed by atoms with Gasteiger partial charge in [0.2, 0.25) is 0 Å². The Balaban J connectivity index is 1.34. The molecule has 5 heteroatoms. The lowest BCUT2D eigenvalue weighted by Gasteiger charge is -2.29. The molecule has 0 bridgehead atoms. The molecule has 0 heterocycles. The van der Waals surface area contributed by atoms with Gasteiger partial charge in [-0.25, -0.2) is 4.39 Å². The highest BCUT2D eigenvalue weighted by atomic mass is 19.1. The Morgan fingerprint density at radius 2 is 1.76 bits per heavy atom. The minimum Gasteiger partial charge on any atom is -0.497 e. The Morgan fingerprint density at radius 3 is 2.42 bits per heavy atom. The number of carbonyl (C=O) groups is 1. The van der Waals surface area contributed by atoms with Crippen LogP contribution in [0.1, 0.15) is 68.4 Å². The third-order valence-electron chi connectivity index (χ3n) is 7.46. The van der Waals surface area contributed by atoms with E-state index in [2.05, 4.69) is 12.1 Å². The minimum absolute atomic E-state index is 0.140. The van der Waals surface area contributed by atoms with E-state index in [-0.39, 0.29) is 29.5 Å². The number of hydrogen-bond donors (Lipinski definition) is 0. The lowest BCUT2D eigenvalue weighted by atomic mass is 9.79. The molecule has 2 atom stereocenters. The predicted molar refractivity (Wildman–Crippen MR) is 126 cm³/mol. The maximum Gasteiger partial charge on any atom is 0.309 e. The number of esters is 1. The second-order valence-electron chi connectivity index (χ2n) is 9.66. The van der Waals surface area contributed by atoms with Gasteiger partial charge in [-0.05, 0) is 104 Å². The van der Waals surface area contributed by atoms with Crippen molar-refractivity contribution < 1.29 is 23.4 Å². The Morgan fingerprint density at radius 1 is 1.00 bits per heavy atom. The van der Waals surface area contributed by atoms with Crippen LogP contribution in [0.25, 0.3) is 0 Å². The molecule has 0 saturated heterocycles. The van der Waals surface area contributed by atoms with E-state index >= 15 is 0 Å². The van der Waals surface area contributed by atoms with Crippen molar-refractivity contribution in [2.75, 3.05) is 20.8 Å². The molecule has 0 N–H and O–H groups in total. The quantitative estimate of drug-likeness (QED) is 0.406. The first-order valence-electron chi connectivity index (χ1n) is 12.1. The van der Waals surface area contributed by atoms with Crippen molar-refractivity contribution in [3.63, 3.8) is 0 Å². The fraction of sp³-hybridized carbons (Fsp3) is 0.536. The SMILES string of the molecule is COC(=O)[C@H](C)[C@H](c1cccc(OCC2CCC(c3cc(OC)ccc3F)CC2)c1)C1CC1. The Labute approximate surface area is 196 Å². The van der Waals surface area contributed by atoms with Gasteiger partial charge in [0, 0.05) is 0 Å². The van der Waals surface area contributed by atoms with E-state index in [0.717, 1.165) is 55.4 Å². The van der Waals surface area contributed by atoms with E-state index in [0.29, 0.717) is 24.2 Å². The normalized spacial score (nSPS) is 22.3. The van der Waals surface area contributed by atoms with Crippen LogP contribution in [0.3, 0.4) is 0 Å². The molecule has 4 rings (SSSR count). The number of methoxy groups -OCH3 is 2. The van der Waals surface area contributed by atoms with Gasteiger partial charge in [-0.15, -0.1) is 0 Å². The van der Waals surface area contributed by atoms with Gasteiger partial charge in [-0.3, -0.25) is 4.79 Å². The Bertz CT molecular complexity index is 947. The summed E-state index contributed by atoms with van der Waals surface area (Å²) < 4.78 is 30.8. The summed E-state index contributed by atoms with van der Waals surface area (Å²) in [6, 6.07) is 13.2. The van der Waals surface area contributed by atoms with Gasteiger partial charge in [-0.1, -0.05) is 19.1 Å². The molecule has 2 aliphatic rings. The molecular formula is C28H35FO4.